The predicted molar refractivity (Wildman–Crippen MR) is 53.4 cm³/mol. The van der Waals surface area contributed by atoms with E-state index in [4.69, 9.17) is 9.84 Å². The number of aliphatic carboxylic acids is 1. The summed E-state index contributed by atoms with van der Waals surface area (Å²) in [5, 5.41) is 11.6. The van der Waals surface area contributed by atoms with Crippen LogP contribution >= 0.6 is 0 Å². The van der Waals surface area contributed by atoms with Gasteiger partial charge in [0.05, 0.1) is 5.60 Å². The lowest BCUT2D eigenvalue weighted by molar-refractivity contribution is -0.172. The zero-order valence-electron chi connectivity index (χ0n) is 9.24. The number of carboxylic acids is 1. The lowest BCUT2D eigenvalue weighted by atomic mass is 9.90. The molecule has 0 radical (unpaired) electrons. The minimum Gasteiger partial charge on any atom is -0.479 e. The lowest BCUT2D eigenvalue weighted by Gasteiger charge is -2.39. The summed E-state index contributed by atoms with van der Waals surface area (Å²) >= 11 is 0. The second-order valence-electron chi connectivity index (χ2n) is 4.54. The number of ether oxygens (including phenoxy) is 1. The topological polar surface area (TPSA) is 75.6 Å². The SMILES string of the molecule is CC(=O)N[C@@H]1C[C@@H](C(=O)O)OC(C)(C)C1. The van der Waals surface area contributed by atoms with Crippen molar-refractivity contribution in [3.63, 3.8) is 0 Å². The standard InChI is InChI=1S/C10H17NO4/c1-6(12)11-7-4-8(9(13)14)15-10(2,3)5-7/h7-8H,4-5H2,1-3H3,(H,11,12)(H,13,14)/t7-,8+/m1/s1. The van der Waals surface area contributed by atoms with Crippen molar-refractivity contribution in [3.05, 3.63) is 0 Å². The molecule has 2 N–H and O–H groups in total. The molecule has 1 aliphatic heterocycles. The summed E-state index contributed by atoms with van der Waals surface area (Å²) in [7, 11) is 0. The summed E-state index contributed by atoms with van der Waals surface area (Å²) in [6.45, 7) is 5.09. The van der Waals surface area contributed by atoms with Crippen LogP contribution in [0.1, 0.15) is 33.6 Å². The molecule has 1 heterocycles. The van der Waals surface area contributed by atoms with E-state index in [1.54, 1.807) is 0 Å². The van der Waals surface area contributed by atoms with E-state index in [9.17, 15) is 9.59 Å². The van der Waals surface area contributed by atoms with Gasteiger partial charge in [0, 0.05) is 19.4 Å². The summed E-state index contributed by atoms with van der Waals surface area (Å²) < 4.78 is 5.40. The number of carbonyl (C=O) groups is 2. The van der Waals surface area contributed by atoms with Gasteiger partial charge in [0.1, 0.15) is 0 Å². The first-order valence-corrected chi connectivity index (χ1v) is 4.98. The van der Waals surface area contributed by atoms with Gasteiger partial charge in [-0.2, -0.15) is 0 Å². The number of rotatable bonds is 2. The molecule has 0 bridgehead atoms. The molecule has 2 atom stereocenters. The van der Waals surface area contributed by atoms with E-state index in [1.807, 2.05) is 13.8 Å². The zero-order valence-corrected chi connectivity index (χ0v) is 9.24. The molecule has 1 amide bonds. The van der Waals surface area contributed by atoms with E-state index in [0.29, 0.717) is 12.8 Å². The zero-order chi connectivity index (χ0) is 11.6. The highest BCUT2D eigenvalue weighted by Crippen LogP contribution is 2.28. The Labute approximate surface area is 88.8 Å². The summed E-state index contributed by atoms with van der Waals surface area (Å²) in [4.78, 5) is 21.7. The van der Waals surface area contributed by atoms with Gasteiger partial charge >= 0.3 is 5.97 Å². The molecular weight excluding hydrogens is 198 g/mol. The van der Waals surface area contributed by atoms with Crippen LogP contribution in [0.25, 0.3) is 0 Å². The van der Waals surface area contributed by atoms with Crippen LogP contribution < -0.4 is 5.32 Å². The number of hydrogen-bond donors (Lipinski definition) is 2. The fraction of sp³-hybridized carbons (Fsp3) is 0.800. The molecule has 0 aliphatic carbocycles. The third-order valence-corrected chi connectivity index (χ3v) is 2.38. The number of nitrogens with one attached hydrogen (secondary N) is 1. The third kappa shape index (κ3) is 3.51. The highest BCUT2D eigenvalue weighted by atomic mass is 16.5. The Morgan fingerprint density at radius 3 is 2.53 bits per heavy atom. The van der Waals surface area contributed by atoms with Gasteiger partial charge < -0.3 is 15.2 Å². The van der Waals surface area contributed by atoms with Crippen molar-refractivity contribution in [2.75, 3.05) is 0 Å². The maximum atomic E-state index is 10.9. The largest absolute Gasteiger partial charge is 0.479 e. The molecule has 1 aliphatic rings. The Balaban J connectivity index is 2.67. The molecule has 1 rings (SSSR count). The Kier molecular flexibility index (Phi) is 3.34. The van der Waals surface area contributed by atoms with Gasteiger partial charge in [-0.25, -0.2) is 4.79 Å². The lowest BCUT2D eigenvalue weighted by Crippen LogP contribution is -2.51. The normalized spacial score (nSPS) is 29.5. The second-order valence-corrected chi connectivity index (χ2v) is 4.54. The molecule has 15 heavy (non-hydrogen) atoms. The minimum atomic E-state index is -0.974. The van der Waals surface area contributed by atoms with Crippen molar-refractivity contribution < 1.29 is 19.4 Å². The molecule has 5 nitrogen and oxygen atoms in total. The maximum Gasteiger partial charge on any atom is 0.332 e. The summed E-state index contributed by atoms with van der Waals surface area (Å²) in [5.74, 6) is -1.11. The van der Waals surface area contributed by atoms with Crippen molar-refractivity contribution >= 4 is 11.9 Å². The highest BCUT2D eigenvalue weighted by molar-refractivity contribution is 5.74. The van der Waals surface area contributed by atoms with Gasteiger partial charge in [0.15, 0.2) is 6.10 Å². The Morgan fingerprint density at radius 2 is 2.07 bits per heavy atom. The average Bonchev–Trinajstić information content (AvgIpc) is 1.98. The Hall–Kier alpha value is -1.10. The number of hydrogen-bond acceptors (Lipinski definition) is 3. The Morgan fingerprint density at radius 1 is 1.47 bits per heavy atom. The van der Waals surface area contributed by atoms with Crippen LogP contribution in [-0.4, -0.2) is 34.7 Å². The van der Waals surface area contributed by atoms with Crippen molar-refractivity contribution in [2.45, 2.75) is 51.4 Å². The molecule has 0 aromatic carbocycles. The predicted octanol–water partition coefficient (Wildman–Crippen LogP) is 0.533. The van der Waals surface area contributed by atoms with Crippen LogP contribution in [0.4, 0.5) is 0 Å². The van der Waals surface area contributed by atoms with Crippen LogP contribution in [-0.2, 0) is 14.3 Å². The smallest absolute Gasteiger partial charge is 0.332 e. The van der Waals surface area contributed by atoms with E-state index in [2.05, 4.69) is 5.32 Å². The van der Waals surface area contributed by atoms with Crippen molar-refractivity contribution in [2.24, 2.45) is 0 Å². The number of carboxylic acid groups (broad SMARTS) is 1. The van der Waals surface area contributed by atoms with E-state index in [0.717, 1.165) is 0 Å². The van der Waals surface area contributed by atoms with Gasteiger partial charge in [-0.3, -0.25) is 4.79 Å². The number of amides is 1. The molecule has 1 fully saturated rings. The van der Waals surface area contributed by atoms with E-state index in [1.165, 1.54) is 6.92 Å². The summed E-state index contributed by atoms with van der Waals surface area (Å²) in [6, 6.07) is -0.118. The van der Waals surface area contributed by atoms with Gasteiger partial charge in [0.25, 0.3) is 0 Å². The molecule has 0 aromatic rings. The van der Waals surface area contributed by atoms with E-state index in [-0.39, 0.29) is 11.9 Å². The quantitative estimate of drug-likeness (QED) is 0.704. The molecule has 0 spiro atoms. The van der Waals surface area contributed by atoms with Crippen LogP contribution in [0.2, 0.25) is 0 Å². The highest BCUT2D eigenvalue weighted by Gasteiger charge is 2.38. The van der Waals surface area contributed by atoms with Crippen LogP contribution in [0.3, 0.4) is 0 Å². The van der Waals surface area contributed by atoms with Gasteiger partial charge in [0.2, 0.25) is 5.91 Å². The molecule has 0 aromatic heterocycles. The van der Waals surface area contributed by atoms with Crippen molar-refractivity contribution in [1.82, 2.24) is 5.32 Å². The van der Waals surface area contributed by atoms with Crippen LogP contribution in [0.5, 0.6) is 0 Å². The molecule has 86 valence electrons. The first-order valence-electron chi connectivity index (χ1n) is 4.98. The summed E-state index contributed by atoms with van der Waals surface area (Å²) in [5.41, 5.74) is -0.506. The monoisotopic (exact) mass is 215 g/mol. The fourth-order valence-corrected chi connectivity index (χ4v) is 1.97. The Bertz CT molecular complexity index is 275. The van der Waals surface area contributed by atoms with Crippen LogP contribution in [0.15, 0.2) is 0 Å². The van der Waals surface area contributed by atoms with Gasteiger partial charge in [-0.15, -0.1) is 0 Å². The van der Waals surface area contributed by atoms with Gasteiger partial charge in [-0.1, -0.05) is 0 Å². The summed E-state index contributed by atoms with van der Waals surface area (Å²) in [6.07, 6.45) is 0.139. The molecule has 1 saturated heterocycles. The maximum absolute atomic E-state index is 10.9. The number of carbonyl (C=O) groups excluding carboxylic acids is 1. The molecule has 5 heteroatoms. The second kappa shape index (κ2) is 4.18. The fourth-order valence-electron chi connectivity index (χ4n) is 1.97. The minimum absolute atomic E-state index is 0.118. The van der Waals surface area contributed by atoms with Crippen molar-refractivity contribution in [3.8, 4) is 0 Å². The average molecular weight is 215 g/mol. The molecular formula is C10H17NO4. The van der Waals surface area contributed by atoms with Crippen LogP contribution in [0, 0.1) is 0 Å². The molecule has 0 unspecified atom stereocenters. The van der Waals surface area contributed by atoms with Crippen molar-refractivity contribution in [1.29, 1.82) is 0 Å². The first-order chi connectivity index (χ1) is 6.80. The van der Waals surface area contributed by atoms with Gasteiger partial charge in [-0.05, 0) is 20.3 Å². The van der Waals surface area contributed by atoms with E-state index >= 15 is 0 Å². The molecule has 0 saturated carbocycles. The third-order valence-electron chi connectivity index (χ3n) is 2.38. The van der Waals surface area contributed by atoms with E-state index < -0.39 is 17.7 Å². The first kappa shape index (κ1) is 12.0.